The molecule has 1 aliphatic rings. The van der Waals surface area contributed by atoms with E-state index in [4.69, 9.17) is 5.73 Å². The van der Waals surface area contributed by atoms with Crippen molar-refractivity contribution in [2.45, 2.75) is 10.9 Å². The first-order valence-electron chi connectivity index (χ1n) is 7.49. The Labute approximate surface area is 140 Å². The van der Waals surface area contributed by atoms with E-state index in [-0.39, 0.29) is 23.0 Å². The van der Waals surface area contributed by atoms with Crippen LogP contribution in [0.3, 0.4) is 0 Å². The number of benzene rings is 1. The van der Waals surface area contributed by atoms with E-state index in [1.807, 2.05) is 7.05 Å². The minimum atomic E-state index is -3.71. The Bertz CT molecular complexity index is 835. The zero-order chi connectivity index (χ0) is 17.3. The summed E-state index contributed by atoms with van der Waals surface area (Å²) in [6.45, 7) is 1.24. The van der Waals surface area contributed by atoms with Crippen molar-refractivity contribution < 1.29 is 13.2 Å². The lowest BCUT2D eigenvalue weighted by molar-refractivity contribution is 0.1000. The van der Waals surface area contributed by atoms with Crippen LogP contribution >= 0.6 is 0 Å². The van der Waals surface area contributed by atoms with E-state index in [0.29, 0.717) is 13.1 Å². The molecule has 24 heavy (non-hydrogen) atoms. The van der Waals surface area contributed by atoms with Crippen molar-refractivity contribution in [3.05, 3.63) is 48.0 Å². The van der Waals surface area contributed by atoms with Gasteiger partial charge in [0.2, 0.25) is 15.9 Å². The number of amides is 1. The number of aromatic amines is 1. The highest BCUT2D eigenvalue weighted by Crippen LogP contribution is 2.26. The molecular weight excluding hydrogens is 330 g/mol. The van der Waals surface area contributed by atoms with Crippen LogP contribution in [0.4, 0.5) is 0 Å². The van der Waals surface area contributed by atoms with Crippen LogP contribution in [0, 0.1) is 0 Å². The Hall–Kier alpha value is -2.23. The molecule has 128 valence electrons. The molecule has 1 saturated heterocycles. The van der Waals surface area contributed by atoms with Gasteiger partial charge in [-0.1, -0.05) is 6.07 Å². The number of nitrogens with one attached hydrogen (secondary N) is 1. The Morgan fingerprint density at radius 2 is 2.17 bits per heavy atom. The predicted octanol–water partition coefficient (Wildman–Crippen LogP) is 0.186. The molecule has 1 aliphatic heterocycles. The fraction of sp³-hybridized carbons (Fsp3) is 0.333. The molecule has 1 atom stereocenters. The van der Waals surface area contributed by atoms with Gasteiger partial charge in [-0.2, -0.15) is 4.31 Å². The zero-order valence-corrected chi connectivity index (χ0v) is 14.0. The van der Waals surface area contributed by atoms with Gasteiger partial charge in [-0.3, -0.25) is 9.69 Å². The molecule has 2 aromatic rings. The van der Waals surface area contributed by atoms with E-state index in [2.05, 4.69) is 14.9 Å². The third kappa shape index (κ3) is 3.05. The number of carbonyl (C=O) groups excluding carboxylic acids is 1. The van der Waals surface area contributed by atoms with Crippen LogP contribution in [0.5, 0.6) is 0 Å². The number of carbonyl (C=O) groups is 1. The molecule has 0 saturated carbocycles. The first-order chi connectivity index (χ1) is 11.4. The van der Waals surface area contributed by atoms with E-state index >= 15 is 0 Å². The van der Waals surface area contributed by atoms with Crippen LogP contribution in [0.2, 0.25) is 0 Å². The summed E-state index contributed by atoms with van der Waals surface area (Å²) >= 11 is 0. The van der Waals surface area contributed by atoms with Gasteiger partial charge in [0.05, 0.1) is 10.9 Å². The molecule has 0 radical (unpaired) electrons. The van der Waals surface area contributed by atoms with Gasteiger partial charge < -0.3 is 10.7 Å². The molecule has 2 heterocycles. The molecule has 8 nitrogen and oxygen atoms in total. The van der Waals surface area contributed by atoms with Crippen molar-refractivity contribution in [1.82, 2.24) is 19.2 Å². The summed E-state index contributed by atoms with van der Waals surface area (Å²) in [5.41, 5.74) is 5.42. The highest BCUT2D eigenvalue weighted by molar-refractivity contribution is 7.89. The van der Waals surface area contributed by atoms with Gasteiger partial charge in [-0.25, -0.2) is 13.4 Å². The summed E-state index contributed by atoms with van der Waals surface area (Å²) in [6.07, 6.45) is 3.36. The fourth-order valence-electron chi connectivity index (χ4n) is 2.78. The summed E-state index contributed by atoms with van der Waals surface area (Å²) in [5.74, 6) is 0.0715. The Morgan fingerprint density at radius 3 is 2.83 bits per heavy atom. The number of hydrogen-bond acceptors (Lipinski definition) is 5. The van der Waals surface area contributed by atoms with Crippen LogP contribution in [-0.2, 0) is 10.0 Å². The third-order valence-corrected chi connectivity index (χ3v) is 6.06. The number of H-pyrrole nitrogens is 1. The largest absolute Gasteiger partial charge is 0.366 e. The summed E-state index contributed by atoms with van der Waals surface area (Å²) in [4.78, 5) is 20.7. The van der Waals surface area contributed by atoms with Crippen LogP contribution < -0.4 is 5.73 Å². The van der Waals surface area contributed by atoms with Gasteiger partial charge in [-0.05, 0) is 25.2 Å². The number of piperazine rings is 1. The van der Waals surface area contributed by atoms with E-state index in [9.17, 15) is 13.2 Å². The van der Waals surface area contributed by atoms with Gasteiger partial charge in [0, 0.05) is 37.6 Å². The maximum atomic E-state index is 12.9. The molecule has 0 spiro atoms. The van der Waals surface area contributed by atoms with E-state index in [1.165, 1.54) is 28.6 Å². The molecule has 1 aromatic carbocycles. The lowest BCUT2D eigenvalue weighted by atomic mass is 10.2. The van der Waals surface area contributed by atoms with Crippen molar-refractivity contribution >= 4 is 15.9 Å². The van der Waals surface area contributed by atoms with Crippen LogP contribution in [0.1, 0.15) is 22.2 Å². The topological polar surface area (TPSA) is 112 Å². The van der Waals surface area contributed by atoms with Crippen molar-refractivity contribution in [3.63, 3.8) is 0 Å². The summed E-state index contributed by atoms with van der Waals surface area (Å²) in [5, 5.41) is 0. The average Bonchev–Trinajstić information content (AvgIpc) is 3.09. The Kier molecular flexibility index (Phi) is 4.39. The molecule has 0 bridgehead atoms. The second kappa shape index (κ2) is 6.34. The Balaban J connectivity index is 1.90. The number of nitrogens with two attached hydrogens (primary N) is 1. The van der Waals surface area contributed by atoms with Crippen LogP contribution in [-0.4, -0.2) is 60.2 Å². The molecule has 9 heteroatoms. The van der Waals surface area contributed by atoms with Gasteiger partial charge in [0.1, 0.15) is 5.82 Å². The van der Waals surface area contributed by atoms with Crippen molar-refractivity contribution in [2.75, 3.05) is 26.7 Å². The zero-order valence-electron chi connectivity index (χ0n) is 13.2. The quantitative estimate of drug-likeness (QED) is 0.818. The first-order valence-corrected chi connectivity index (χ1v) is 8.93. The average molecular weight is 349 g/mol. The fourth-order valence-corrected chi connectivity index (χ4v) is 4.26. The number of likely N-dealkylation sites (N-methyl/N-ethyl adjacent to an activating group) is 1. The lowest BCUT2D eigenvalue weighted by Gasteiger charge is -2.37. The van der Waals surface area contributed by atoms with Crippen LogP contribution in [0.25, 0.3) is 0 Å². The molecule has 1 aromatic heterocycles. The van der Waals surface area contributed by atoms with Gasteiger partial charge >= 0.3 is 0 Å². The SMILES string of the molecule is CN1CCN(S(=O)(=O)c2cccc(C(N)=O)c2)C[C@H]1c1ncc[nH]1. The lowest BCUT2D eigenvalue weighted by Crippen LogP contribution is -2.49. The van der Waals surface area contributed by atoms with E-state index in [0.717, 1.165) is 5.82 Å². The van der Waals surface area contributed by atoms with E-state index in [1.54, 1.807) is 12.4 Å². The minimum absolute atomic E-state index is 0.0709. The van der Waals surface area contributed by atoms with Crippen molar-refractivity contribution in [3.8, 4) is 0 Å². The summed E-state index contributed by atoms with van der Waals surface area (Å²) < 4.78 is 27.2. The molecule has 0 aliphatic carbocycles. The number of primary amides is 1. The van der Waals surface area contributed by atoms with Gasteiger partial charge in [0.25, 0.3) is 0 Å². The smallest absolute Gasteiger partial charge is 0.248 e. The summed E-state index contributed by atoms with van der Waals surface area (Å²) in [7, 11) is -1.77. The second-order valence-corrected chi connectivity index (χ2v) is 7.66. The molecular formula is C15H19N5O3S. The van der Waals surface area contributed by atoms with Gasteiger partial charge in [0.15, 0.2) is 0 Å². The number of hydrogen-bond donors (Lipinski definition) is 2. The van der Waals surface area contributed by atoms with Crippen molar-refractivity contribution in [2.24, 2.45) is 5.73 Å². The monoisotopic (exact) mass is 349 g/mol. The maximum Gasteiger partial charge on any atom is 0.248 e. The number of nitrogens with zero attached hydrogens (tertiary/aromatic N) is 3. The minimum Gasteiger partial charge on any atom is -0.366 e. The molecule has 0 unspecified atom stereocenters. The van der Waals surface area contributed by atoms with Gasteiger partial charge in [-0.15, -0.1) is 0 Å². The third-order valence-electron chi connectivity index (χ3n) is 4.20. The number of rotatable bonds is 4. The number of sulfonamides is 1. The number of imidazole rings is 1. The van der Waals surface area contributed by atoms with Crippen molar-refractivity contribution in [1.29, 1.82) is 0 Å². The highest BCUT2D eigenvalue weighted by atomic mass is 32.2. The molecule has 3 rings (SSSR count). The Morgan fingerprint density at radius 1 is 1.38 bits per heavy atom. The van der Waals surface area contributed by atoms with E-state index < -0.39 is 15.9 Å². The highest BCUT2D eigenvalue weighted by Gasteiger charge is 2.34. The summed E-state index contributed by atoms with van der Waals surface area (Å²) in [6, 6.07) is 5.66. The normalized spacial score (nSPS) is 20.1. The standard InChI is InChI=1S/C15H19N5O3S/c1-19-7-8-20(10-13(19)15-17-5-6-18-15)24(22,23)12-4-2-3-11(9-12)14(16)21/h2-6,9,13H,7-8,10H2,1H3,(H2,16,21)(H,17,18)/t13-/m0/s1. The molecule has 1 fully saturated rings. The first kappa shape index (κ1) is 16.6. The molecule has 1 amide bonds. The number of aromatic nitrogens is 2. The predicted molar refractivity (Wildman–Crippen MR) is 87.7 cm³/mol. The maximum absolute atomic E-state index is 12.9. The second-order valence-electron chi connectivity index (χ2n) is 5.73. The van der Waals surface area contributed by atoms with Crippen LogP contribution in [0.15, 0.2) is 41.6 Å². The molecule has 3 N–H and O–H groups in total.